The molecular weight excluding hydrogens is 166 g/mol. The average molecular weight is 187 g/mol. The molecular formula is C10H21NO2. The van der Waals surface area contributed by atoms with Gasteiger partial charge in [0.2, 0.25) is 0 Å². The highest BCUT2D eigenvalue weighted by molar-refractivity contribution is 4.80. The van der Waals surface area contributed by atoms with E-state index in [1.165, 1.54) is 19.3 Å². The zero-order valence-corrected chi connectivity index (χ0v) is 8.21. The number of hydrogen-bond donors (Lipinski definition) is 3. The minimum absolute atomic E-state index is 0.253. The topological polar surface area (TPSA) is 52.5 Å². The summed E-state index contributed by atoms with van der Waals surface area (Å²) in [6.45, 7) is 1.43. The molecule has 0 bridgehead atoms. The normalized spacial score (nSPS) is 29.1. The summed E-state index contributed by atoms with van der Waals surface area (Å²) in [5, 5.41) is 21.2. The van der Waals surface area contributed by atoms with Gasteiger partial charge in [-0.3, -0.25) is 0 Å². The summed E-state index contributed by atoms with van der Waals surface area (Å²) < 4.78 is 0. The van der Waals surface area contributed by atoms with Gasteiger partial charge in [0.05, 0.1) is 0 Å². The predicted molar refractivity (Wildman–Crippen MR) is 52.5 cm³/mol. The molecule has 1 fully saturated rings. The molecule has 2 atom stereocenters. The number of aliphatic hydroxyl groups excluding tert-OH is 2. The Balaban J connectivity index is 2.19. The van der Waals surface area contributed by atoms with Gasteiger partial charge < -0.3 is 15.5 Å². The van der Waals surface area contributed by atoms with Crippen molar-refractivity contribution >= 4 is 0 Å². The Bertz CT molecular complexity index is 130. The fourth-order valence-corrected chi connectivity index (χ4v) is 2.06. The van der Waals surface area contributed by atoms with Crippen LogP contribution < -0.4 is 5.32 Å². The average Bonchev–Trinajstić information content (AvgIpc) is 2.19. The molecule has 0 aliphatic heterocycles. The van der Waals surface area contributed by atoms with Gasteiger partial charge in [-0.15, -0.1) is 0 Å². The lowest BCUT2D eigenvalue weighted by atomic mass is 9.85. The largest absolute Gasteiger partial charge is 0.396 e. The van der Waals surface area contributed by atoms with Gasteiger partial charge in [-0.1, -0.05) is 12.8 Å². The van der Waals surface area contributed by atoms with E-state index in [0.717, 1.165) is 19.4 Å². The fourth-order valence-electron chi connectivity index (χ4n) is 2.06. The molecule has 2 unspecified atom stereocenters. The van der Waals surface area contributed by atoms with Crippen LogP contribution in [0.1, 0.15) is 32.1 Å². The van der Waals surface area contributed by atoms with Crippen LogP contribution in [-0.4, -0.2) is 36.0 Å². The number of aliphatic hydroxyl groups is 2. The molecule has 0 radical (unpaired) electrons. The first-order chi connectivity index (χ1) is 6.38. The van der Waals surface area contributed by atoms with Crippen molar-refractivity contribution in [2.45, 2.75) is 38.1 Å². The second-order valence-corrected chi connectivity index (χ2v) is 3.86. The molecule has 0 aromatic carbocycles. The molecule has 3 heteroatoms. The monoisotopic (exact) mass is 187 g/mol. The smallest absolute Gasteiger partial charge is 0.0474 e. The molecule has 0 spiro atoms. The minimum atomic E-state index is 0.253. The molecule has 1 saturated carbocycles. The summed E-state index contributed by atoms with van der Waals surface area (Å²) in [6, 6.07) is 0.477. The molecule has 0 heterocycles. The fraction of sp³-hybridized carbons (Fsp3) is 1.00. The molecule has 0 amide bonds. The lowest BCUT2D eigenvalue weighted by Gasteiger charge is -2.31. The third-order valence-electron chi connectivity index (χ3n) is 2.89. The second kappa shape index (κ2) is 6.35. The van der Waals surface area contributed by atoms with Gasteiger partial charge in [-0.2, -0.15) is 0 Å². The van der Waals surface area contributed by atoms with Crippen LogP contribution in [0, 0.1) is 5.92 Å². The Hall–Kier alpha value is -0.120. The third-order valence-corrected chi connectivity index (χ3v) is 2.89. The van der Waals surface area contributed by atoms with Crippen LogP contribution in [0.15, 0.2) is 0 Å². The van der Waals surface area contributed by atoms with Crippen LogP contribution in [0.3, 0.4) is 0 Å². The summed E-state index contributed by atoms with van der Waals surface area (Å²) in [5.74, 6) is 0.437. The van der Waals surface area contributed by atoms with Gasteiger partial charge in [-0.25, -0.2) is 0 Å². The molecule has 3 N–H and O–H groups in total. The molecule has 0 aromatic heterocycles. The summed E-state index contributed by atoms with van der Waals surface area (Å²) in [5.41, 5.74) is 0. The van der Waals surface area contributed by atoms with E-state index in [2.05, 4.69) is 5.32 Å². The van der Waals surface area contributed by atoms with Crippen molar-refractivity contribution in [3.05, 3.63) is 0 Å². The Kier molecular flexibility index (Phi) is 5.35. The van der Waals surface area contributed by atoms with Gasteiger partial charge >= 0.3 is 0 Å². The zero-order chi connectivity index (χ0) is 9.52. The van der Waals surface area contributed by atoms with Gasteiger partial charge in [0.15, 0.2) is 0 Å². The molecule has 78 valence electrons. The summed E-state index contributed by atoms with van der Waals surface area (Å²) >= 11 is 0. The molecule has 3 nitrogen and oxygen atoms in total. The standard InChI is InChI=1S/C10H21NO2/c12-7-3-6-11-10-5-2-1-4-9(10)8-13/h9-13H,1-8H2. The Morgan fingerprint density at radius 2 is 1.92 bits per heavy atom. The van der Waals surface area contributed by atoms with E-state index < -0.39 is 0 Å². The predicted octanol–water partition coefficient (Wildman–Crippen LogP) is 0.509. The van der Waals surface area contributed by atoms with Crippen molar-refractivity contribution < 1.29 is 10.2 Å². The summed E-state index contributed by atoms with van der Waals surface area (Å²) in [7, 11) is 0. The quantitative estimate of drug-likeness (QED) is 0.550. The van der Waals surface area contributed by atoms with Crippen molar-refractivity contribution in [3.8, 4) is 0 Å². The van der Waals surface area contributed by atoms with Crippen LogP contribution in [0.25, 0.3) is 0 Å². The number of nitrogens with one attached hydrogen (secondary N) is 1. The van der Waals surface area contributed by atoms with Crippen LogP contribution >= 0.6 is 0 Å². The maximum atomic E-state index is 9.13. The lowest BCUT2D eigenvalue weighted by Crippen LogP contribution is -2.40. The Morgan fingerprint density at radius 1 is 1.15 bits per heavy atom. The zero-order valence-electron chi connectivity index (χ0n) is 8.21. The maximum absolute atomic E-state index is 9.13. The van der Waals surface area contributed by atoms with Crippen LogP contribution in [-0.2, 0) is 0 Å². The van der Waals surface area contributed by atoms with Crippen molar-refractivity contribution in [1.82, 2.24) is 5.32 Å². The number of hydrogen-bond acceptors (Lipinski definition) is 3. The molecule has 0 aromatic rings. The third kappa shape index (κ3) is 3.63. The van der Waals surface area contributed by atoms with E-state index in [9.17, 15) is 0 Å². The SMILES string of the molecule is OCCCNC1CCCCC1CO. The molecule has 1 aliphatic rings. The second-order valence-electron chi connectivity index (χ2n) is 3.86. The Morgan fingerprint density at radius 3 is 2.62 bits per heavy atom. The van der Waals surface area contributed by atoms with Gasteiger partial charge in [0, 0.05) is 19.3 Å². The number of rotatable bonds is 5. The van der Waals surface area contributed by atoms with Gasteiger partial charge in [0.25, 0.3) is 0 Å². The first kappa shape index (κ1) is 11.0. The van der Waals surface area contributed by atoms with E-state index in [-0.39, 0.29) is 6.61 Å². The van der Waals surface area contributed by atoms with E-state index in [4.69, 9.17) is 10.2 Å². The highest BCUT2D eigenvalue weighted by Crippen LogP contribution is 2.23. The van der Waals surface area contributed by atoms with Crippen molar-refractivity contribution in [2.75, 3.05) is 19.8 Å². The van der Waals surface area contributed by atoms with Gasteiger partial charge in [-0.05, 0) is 31.7 Å². The molecule has 13 heavy (non-hydrogen) atoms. The molecule has 0 saturated heterocycles. The minimum Gasteiger partial charge on any atom is -0.396 e. The molecule has 1 rings (SSSR count). The Labute approximate surface area is 80.2 Å². The van der Waals surface area contributed by atoms with Crippen LogP contribution in [0.5, 0.6) is 0 Å². The first-order valence-electron chi connectivity index (χ1n) is 5.33. The van der Waals surface area contributed by atoms with E-state index in [0.29, 0.717) is 18.6 Å². The van der Waals surface area contributed by atoms with E-state index >= 15 is 0 Å². The molecule has 1 aliphatic carbocycles. The maximum Gasteiger partial charge on any atom is 0.0474 e. The van der Waals surface area contributed by atoms with Crippen LogP contribution in [0.2, 0.25) is 0 Å². The van der Waals surface area contributed by atoms with Crippen molar-refractivity contribution in [3.63, 3.8) is 0 Å². The van der Waals surface area contributed by atoms with Gasteiger partial charge in [0.1, 0.15) is 0 Å². The highest BCUT2D eigenvalue weighted by Gasteiger charge is 2.23. The summed E-state index contributed by atoms with van der Waals surface area (Å²) in [4.78, 5) is 0. The first-order valence-corrected chi connectivity index (χ1v) is 5.33. The van der Waals surface area contributed by atoms with E-state index in [1.54, 1.807) is 0 Å². The van der Waals surface area contributed by atoms with Crippen LogP contribution in [0.4, 0.5) is 0 Å². The summed E-state index contributed by atoms with van der Waals surface area (Å²) in [6.07, 6.45) is 5.66. The van der Waals surface area contributed by atoms with Crippen molar-refractivity contribution in [2.24, 2.45) is 5.92 Å². The van der Waals surface area contributed by atoms with E-state index in [1.807, 2.05) is 0 Å². The lowest BCUT2D eigenvalue weighted by molar-refractivity contribution is 0.151. The van der Waals surface area contributed by atoms with Crippen molar-refractivity contribution in [1.29, 1.82) is 0 Å². The highest BCUT2D eigenvalue weighted by atomic mass is 16.3.